The van der Waals surface area contributed by atoms with Crippen molar-refractivity contribution in [2.45, 2.75) is 19.4 Å². The molecule has 2 aliphatic heterocycles. The molecule has 0 radical (unpaired) electrons. The van der Waals surface area contributed by atoms with E-state index in [0.717, 1.165) is 6.42 Å². The number of nitrogens with zero attached hydrogens (tertiary/aromatic N) is 1. The average molecular weight is 368 g/mol. The molecule has 2 aromatic carbocycles. The van der Waals surface area contributed by atoms with Crippen LogP contribution in [0.3, 0.4) is 0 Å². The number of anilines is 2. The van der Waals surface area contributed by atoms with E-state index in [1.807, 2.05) is 6.07 Å². The maximum absolute atomic E-state index is 12.7. The van der Waals surface area contributed by atoms with Crippen molar-refractivity contribution >= 4 is 23.2 Å². The SMILES string of the molecule is CC(=O)N1C[C@@H](C(=O)Nc2ccc3c(c2)OCCCO3)Oc2ccccc21. The van der Waals surface area contributed by atoms with Gasteiger partial charge >= 0.3 is 0 Å². The van der Waals surface area contributed by atoms with Crippen LogP contribution >= 0.6 is 0 Å². The molecule has 2 amide bonds. The quantitative estimate of drug-likeness (QED) is 0.882. The van der Waals surface area contributed by atoms with Crippen LogP contribution in [0.1, 0.15) is 13.3 Å². The van der Waals surface area contributed by atoms with E-state index in [4.69, 9.17) is 14.2 Å². The highest BCUT2D eigenvalue weighted by molar-refractivity contribution is 5.99. The Bertz CT molecular complexity index is 882. The zero-order valence-corrected chi connectivity index (χ0v) is 14.9. The van der Waals surface area contributed by atoms with Crippen LogP contribution in [0.5, 0.6) is 17.2 Å². The molecule has 4 rings (SSSR count). The van der Waals surface area contributed by atoms with Crippen molar-refractivity contribution in [2.24, 2.45) is 0 Å². The van der Waals surface area contributed by atoms with Crippen molar-refractivity contribution in [1.82, 2.24) is 0 Å². The molecule has 0 aromatic heterocycles. The minimum absolute atomic E-state index is 0.140. The molecule has 0 fully saturated rings. The second-order valence-electron chi connectivity index (χ2n) is 6.41. The minimum Gasteiger partial charge on any atom is -0.490 e. The standard InChI is InChI=1S/C20H20N2O5/c1-13(23)22-12-19(27-16-6-3-2-5-15(16)22)20(24)21-14-7-8-17-18(11-14)26-10-4-9-25-17/h2-3,5-8,11,19H,4,9-10,12H2,1H3,(H,21,24)/t19-/m0/s1. The maximum Gasteiger partial charge on any atom is 0.267 e. The van der Waals surface area contributed by atoms with E-state index in [0.29, 0.717) is 41.8 Å². The van der Waals surface area contributed by atoms with Crippen molar-refractivity contribution in [3.05, 3.63) is 42.5 Å². The molecule has 0 saturated heterocycles. The number of ether oxygens (including phenoxy) is 3. The van der Waals surface area contributed by atoms with Gasteiger partial charge in [-0.15, -0.1) is 0 Å². The van der Waals surface area contributed by atoms with Crippen molar-refractivity contribution in [3.63, 3.8) is 0 Å². The van der Waals surface area contributed by atoms with Gasteiger partial charge in [-0.2, -0.15) is 0 Å². The number of rotatable bonds is 2. The molecular weight excluding hydrogens is 348 g/mol. The van der Waals surface area contributed by atoms with Gasteiger partial charge in [0, 0.05) is 25.1 Å². The summed E-state index contributed by atoms with van der Waals surface area (Å²) >= 11 is 0. The highest BCUT2D eigenvalue weighted by Crippen LogP contribution is 2.34. The minimum atomic E-state index is -0.806. The normalized spacial score (nSPS) is 18.0. The van der Waals surface area contributed by atoms with E-state index in [1.165, 1.54) is 6.92 Å². The number of hydrogen-bond donors (Lipinski definition) is 1. The fourth-order valence-corrected chi connectivity index (χ4v) is 3.13. The van der Waals surface area contributed by atoms with Gasteiger partial charge in [0.15, 0.2) is 17.6 Å². The second-order valence-corrected chi connectivity index (χ2v) is 6.41. The average Bonchev–Trinajstić information content (AvgIpc) is 2.92. The summed E-state index contributed by atoms with van der Waals surface area (Å²) in [5, 5.41) is 2.83. The lowest BCUT2D eigenvalue weighted by molar-refractivity contribution is -0.123. The van der Waals surface area contributed by atoms with Gasteiger partial charge in [-0.3, -0.25) is 9.59 Å². The number of benzene rings is 2. The van der Waals surface area contributed by atoms with Crippen molar-refractivity contribution < 1.29 is 23.8 Å². The summed E-state index contributed by atoms with van der Waals surface area (Å²) in [5.74, 6) is 1.31. The number of nitrogens with one attached hydrogen (secondary N) is 1. The Morgan fingerprint density at radius 1 is 1.04 bits per heavy atom. The topological polar surface area (TPSA) is 77.1 Å². The Kier molecular flexibility index (Phi) is 4.58. The predicted molar refractivity (Wildman–Crippen MR) is 99.6 cm³/mol. The zero-order chi connectivity index (χ0) is 18.8. The van der Waals surface area contributed by atoms with Gasteiger partial charge in [-0.1, -0.05) is 12.1 Å². The molecule has 1 atom stereocenters. The third-order valence-corrected chi connectivity index (χ3v) is 4.46. The first kappa shape index (κ1) is 17.2. The Morgan fingerprint density at radius 2 is 1.81 bits per heavy atom. The molecule has 0 aliphatic carbocycles. The Balaban J connectivity index is 1.52. The molecule has 7 nitrogen and oxygen atoms in total. The lowest BCUT2D eigenvalue weighted by Crippen LogP contribution is -2.48. The van der Waals surface area contributed by atoms with E-state index in [-0.39, 0.29) is 18.4 Å². The summed E-state index contributed by atoms with van der Waals surface area (Å²) in [5.41, 5.74) is 1.26. The Hall–Kier alpha value is -3.22. The molecule has 1 N–H and O–H groups in total. The summed E-state index contributed by atoms with van der Waals surface area (Å²) in [7, 11) is 0. The zero-order valence-electron chi connectivity index (χ0n) is 14.9. The van der Waals surface area contributed by atoms with E-state index < -0.39 is 6.10 Å². The summed E-state index contributed by atoms with van der Waals surface area (Å²) in [6, 6.07) is 12.4. The van der Waals surface area contributed by atoms with Gasteiger partial charge in [0.1, 0.15) is 5.75 Å². The monoisotopic (exact) mass is 368 g/mol. The third-order valence-electron chi connectivity index (χ3n) is 4.46. The predicted octanol–water partition coefficient (Wildman–Crippen LogP) is 2.60. The van der Waals surface area contributed by atoms with Crippen LogP contribution in [0.4, 0.5) is 11.4 Å². The number of carbonyl (C=O) groups is 2. The van der Waals surface area contributed by atoms with Gasteiger partial charge in [-0.05, 0) is 24.3 Å². The fraction of sp³-hybridized carbons (Fsp3) is 0.300. The highest BCUT2D eigenvalue weighted by atomic mass is 16.5. The fourth-order valence-electron chi connectivity index (χ4n) is 3.13. The lowest BCUT2D eigenvalue weighted by Gasteiger charge is -2.33. The second kappa shape index (κ2) is 7.19. The number of carbonyl (C=O) groups excluding carboxylic acids is 2. The van der Waals surface area contributed by atoms with Crippen LogP contribution in [0.2, 0.25) is 0 Å². The van der Waals surface area contributed by atoms with Crippen LogP contribution in [0.25, 0.3) is 0 Å². The van der Waals surface area contributed by atoms with E-state index in [2.05, 4.69) is 5.32 Å². The summed E-state index contributed by atoms with van der Waals surface area (Å²) in [4.78, 5) is 26.3. The Labute approximate surface area is 156 Å². The van der Waals surface area contributed by atoms with Crippen LogP contribution in [-0.4, -0.2) is 37.7 Å². The first-order valence-electron chi connectivity index (χ1n) is 8.86. The van der Waals surface area contributed by atoms with Crippen LogP contribution in [0, 0.1) is 0 Å². The molecule has 2 aromatic rings. The molecule has 2 aliphatic rings. The lowest BCUT2D eigenvalue weighted by atomic mass is 10.1. The van der Waals surface area contributed by atoms with Gasteiger partial charge < -0.3 is 24.4 Å². The smallest absolute Gasteiger partial charge is 0.267 e. The van der Waals surface area contributed by atoms with Crippen LogP contribution in [0.15, 0.2) is 42.5 Å². The molecule has 140 valence electrons. The highest BCUT2D eigenvalue weighted by Gasteiger charge is 2.32. The van der Waals surface area contributed by atoms with Crippen molar-refractivity contribution in [1.29, 1.82) is 0 Å². The molecule has 0 saturated carbocycles. The van der Waals surface area contributed by atoms with Gasteiger partial charge in [0.2, 0.25) is 5.91 Å². The first-order valence-corrected chi connectivity index (χ1v) is 8.86. The maximum atomic E-state index is 12.7. The van der Waals surface area contributed by atoms with E-state index in [9.17, 15) is 9.59 Å². The van der Waals surface area contributed by atoms with Crippen molar-refractivity contribution in [3.8, 4) is 17.2 Å². The molecular formula is C20H20N2O5. The number of para-hydroxylation sites is 2. The van der Waals surface area contributed by atoms with Crippen molar-refractivity contribution in [2.75, 3.05) is 30.0 Å². The summed E-state index contributed by atoms with van der Waals surface area (Å²) in [6.07, 6.45) is 0.00632. The summed E-state index contributed by atoms with van der Waals surface area (Å²) in [6.45, 7) is 2.80. The largest absolute Gasteiger partial charge is 0.490 e. The third kappa shape index (κ3) is 3.53. The number of amides is 2. The number of hydrogen-bond acceptors (Lipinski definition) is 5. The van der Waals surface area contributed by atoms with E-state index >= 15 is 0 Å². The van der Waals surface area contributed by atoms with Gasteiger partial charge in [-0.25, -0.2) is 0 Å². The molecule has 27 heavy (non-hydrogen) atoms. The van der Waals surface area contributed by atoms with Crippen LogP contribution < -0.4 is 24.4 Å². The molecule has 2 heterocycles. The molecule has 0 bridgehead atoms. The van der Waals surface area contributed by atoms with E-state index in [1.54, 1.807) is 41.3 Å². The number of fused-ring (bicyclic) bond motifs is 2. The summed E-state index contributed by atoms with van der Waals surface area (Å²) < 4.78 is 17.1. The van der Waals surface area contributed by atoms with Crippen LogP contribution in [-0.2, 0) is 9.59 Å². The molecule has 0 spiro atoms. The van der Waals surface area contributed by atoms with Gasteiger partial charge in [0.05, 0.1) is 25.4 Å². The van der Waals surface area contributed by atoms with Gasteiger partial charge in [0.25, 0.3) is 5.91 Å². The Morgan fingerprint density at radius 3 is 2.63 bits per heavy atom. The molecule has 7 heteroatoms. The first-order chi connectivity index (χ1) is 13.1. The molecule has 0 unspecified atom stereocenters.